The predicted octanol–water partition coefficient (Wildman–Crippen LogP) is 3.44. The summed E-state index contributed by atoms with van der Waals surface area (Å²) in [6, 6.07) is 12.9. The quantitative estimate of drug-likeness (QED) is 0.820. The molecule has 1 heterocycles. The van der Waals surface area contributed by atoms with Crippen molar-refractivity contribution in [3.63, 3.8) is 0 Å². The van der Waals surface area contributed by atoms with E-state index in [0.29, 0.717) is 12.1 Å². The summed E-state index contributed by atoms with van der Waals surface area (Å²) in [6.07, 6.45) is 2.71. The minimum Gasteiger partial charge on any atom is -0.346 e. The first-order chi connectivity index (χ1) is 13.9. The number of hydrogen-bond acceptors (Lipinski definition) is 3. The Bertz CT molecular complexity index is 964. The molecule has 2 N–H and O–H groups in total. The van der Waals surface area contributed by atoms with Crippen LogP contribution in [-0.2, 0) is 16.0 Å². The highest BCUT2D eigenvalue weighted by Crippen LogP contribution is 2.31. The summed E-state index contributed by atoms with van der Waals surface area (Å²) in [5.41, 5.74) is 4.25. The molecule has 2 aromatic rings. The Morgan fingerprint density at radius 2 is 1.79 bits per heavy atom. The molecule has 6 heteroatoms. The van der Waals surface area contributed by atoms with Crippen molar-refractivity contribution < 1.29 is 14.4 Å². The van der Waals surface area contributed by atoms with Gasteiger partial charge in [0.25, 0.3) is 5.91 Å². The van der Waals surface area contributed by atoms with Crippen LogP contribution in [0.4, 0.5) is 11.4 Å². The van der Waals surface area contributed by atoms with Gasteiger partial charge in [0.05, 0.1) is 6.04 Å². The molecule has 0 bridgehead atoms. The lowest BCUT2D eigenvalue weighted by molar-refractivity contribution is -0.117. The molecular weight excluding hydrogens is 366 g/mol. The van der Waals surface area contributed by atoms with Crippen molar-refractivity contribution in [2.24, 2.45) is 5.92 Å². The van der Waals surface area contributed by atoms with Crippen LogP contribution in [0.1, 0.15) is 54.2 Å². The van der Waals surface area contributed by atoms with Crippen molar-refractivity contribution in [2.45, 2.75) is 39.2 Å². The van der Waals surface area contributed by atoms with Crippen LogP contribution in [0.25, 0.3) is 0 Å². The summed E-state index contributed by atoms with van der Waals surface area (Å²) in [7, 11) is 0. The molecule has 2 aromatic carbocycles. The van der Waals surface area contributed by atoms with Crippen LogP contribution in [0, 0.1) is 5.92 Å². The van der Waals surface area contributed by atoms with Gasteiger partial charge in [-0.15, -0.1) is 0 Å². The average molecular weight is 391 g/mol. The van der Waals surface area contributed by atoms with E-state index in [1.807, 2.05) is 43.3 Å². The van der Waals surface area contributed by atoms with E-state index in [1.54, 1.807) is 17.9 Å². The molecule has 1 fully saturated rings. The van der Waals surface area contributed by atoms with E-state index >= 15 is 0 Å². The zero-order valence-corrected chi connectivity index (χ0v) is 16.7. The number of fused-ring (bicyclic) bond motifs is 1. The van der Waals surface area contributed by atoms with Gasteiger partial charge in [-0.1, -0.05) is 12.1 Å². The summed E-state index contributed by atoms with van der Waals surface area (Å²) in [4.78, 5) is 37.9. The number of hydrogen-bond donors (Lipinski definition) is 2. The maximum atomic E-state index is 12.7. The number of amides is 3. The molecule has 6 nitrogen and oxygen atoms in total. The van der Waals surface area contributed by atoms with Crippen LogP contribution in [0.2, 0.25) is 0 Å². The van der Waals surface area contributed by atoms with Gasteiger partial charge in [0.15, 0.2) is 0 Å². The molecular formula is C23H25N3O3. The first-order valence-electron chi connectivity index (χ1n) is 10.0. The number of benzene rings is 2. The molecule has 1 aliphatic heterocycles. The lowest BCUT2D eigenvalue weighted by atomic mass is 10.1. The van der Waals surface area contributed by atoms with Crippen LogP contribution in [0.15, 0.2) is 42.5 Å². The van der Waals surface area contributed by atoms with Crippen molar-refractivity contribution >= 4 is 29.1 Å². The van der Waals surface area contributed by atoms with E-state index < -0.39 is 0 Å². The van der Waals surface area contributed by atoms with Gasteiger partial charge in [0.1, 0.15) is 0 Å². The fourth-order valence-electron chi connectivity index (χ4n) is 3.68. The van der Waals surface area contributed by atoms with Gasteiger partial charge >= 0.3 is 0 Å². The normalized spacial score (nSPS) is 16.1. The molecule has 29 heavy (non-hydrogen) atoms. The van der Waals surface area contributed by atoms with E-state index in [4.69, 9.17) is 0 Å². The van der Waals surface area contributed by atoms with Gasteiger partial charge in [-0.25, -0.2) is 0 Å². The number of anilines is 2. The predicted molar refractivity (Wildman–Crippen MR) is 112 cm³/mol. The van der Waals surface area contributed by atoms with Crippen LogP contribution < -0.4 is 15.5 Å². The van der Waals surface area contributed by atoms with Gasteiger partial charge in [0, 0.05) is 36.3 Å². The Labute approximate surface area is 170 Å². The highest BCUT2D eigenvalue weighted by molar-refractivity contribution is 5.98. The topological polar surface area (TPSA) is 78.5 Å². The first-order valence-corrected chi connectivity index (χ1v) is 10.0. The number of nitrogens with zero attached hydrogens (tertiary/aromatic N) is 1. The summed E-state index contributed by atoms with van der Waals surface area (Å²) in [6.45, 7) is 4.15. The Balaban J connectivity index is 1.39. The van der Waals surface area contributed by atoms with Gasteiger partial charge in [-0.05, 0) is 67.6 Å². The van der Waals surface area contributed by atoms with Gasteiger partial charge in [0.2, 0.25) is 11.8 Å². The second-order valence-electron chi connectivity index (χ2n) is 7.84. The second-order valence-corrected chi connectivity index (χ2v) is 7.84. The first kappa shape index (κ1) is 19.2. The fourth-order valence-corrected chi connectivity index (χ4v) is 3.68. The number of carbonyl (C=O) groups excluding carboxylic acids is 3. The SMILES string of the molecule is CC(=O)N1CCc2cc(C(=O)NC(C)c3ccc(NC(=O)C4CC4)cc3)ccc21. The van der Waals surface area contributed by atoms with E-state index in [9.17, 15) is 14.4 Å². The summed E-state index contributed by atoms with van der Waals surface area (Å²) in [5, 5.41) is 5.94. The van der Waals surface area contributed by atoms with Crippen molar-refractivity contribution in [1.82, 2.24) is 5.32 Å². The molecule has 1 unspecified atom stereocenters. The van der Waals surface area contributed by atoms with E-state index in [-0.39, 0.29) is 29.7 Å². The lowest BCUT2D eigenvalue weighted by Gasteiger charge is -2.17. The van der Waals surface area contributed by atoms with Crippen molar-refractivity contribution in [1.29, 1.82) is 0 Å². The number of rotatable bonds is 5. The van der Waals surface area contributed by atoms with Crippen LogP contribution in [0.5, 0.6) is 0 Å². The minimum absolute atomic E-state index is 0.0198. The van der Waals surface area contributed by atoms with Gasteiger partial charge in [-0.3, -0.25) is 14.4 Å². The molecule has 0 spiro atoms. The summed E-state index contributed by atoms with van der Waals surface area (Å²) in [5.74, 6) is 0.126. The minimum atomic E-state index is -0.169. The van der Waals surface area contributed by atoms with Crippen LogP contribution in [-0.4, -0.2) is 24.3 Å². The lowest BCUT2D eigenvalue weighted by Crippen LogP contribution is -2.27. The molecule has 1 aliphatic carbocycles. The fraction of sp³-hybridized carbons (Fsp3) is 0.348. The van der Waals surface area contributed by atoms with E-state index in [2.05, 4.69) is 10.6 Å². The maximum Gasteiger partial charge on any atom is 0.251 e. The molecule has 3 amide bonds. The summed E-state index contributed by atoms with van der Waals surface area (Å²) >= 11 is 0. The zero-order chi connectivity index (χ0) is 20.5. The molecule has 0 aromatic heterocycles. The molecule has 4 rings (SSSR count). The van der Waals surface area contributed by atoms with Crippen molar-refractivity contribution in [3.05, 3.63) is 59.2 Å². The smallest absolute Gasteiger partial charge is 0.251 e. The van der Waals surface area contributed by atoms with Crippen LogP contribution >= 0.6 is 0 Å². The second kappa shape index (κ2) is 7.70. The third-order valence-electron chi connectivity index (χ3n) is 5.59. The highest BCUT2D eigenvalue weighted by atomic mass is 16.2. The van der Waals surface area contributed by atoms with Crippen molar-refractivity contribution in [3.8, 4) is 0 Å². The molecule has 0 radical (unpaired) electrons. The summed E-state index contributed by atoms with van der Waals surface area (Å²) < 4.78 is 0. The molecule has 1 atom stereocenters. The number of carbonyl (C=O) groups is 3. The Morgan fingerprint density at radius 3 is 2.45 bits per heavy atom. The molecule has 2 aliphatic rings. The Hall–Kier alpha value is -3.15. The zero-order valence-electron chi connectivity index (χ0n) is 16.7. The Kier molecular flexibility index (Phi) is 5.09. The van der Waals surface area contributed by atoms with E-state index in [0.717, 1.165) is 41.8 Å². The third-order valence-corrected chi connectivity index (χ3v) is 5.59. The van der Waals surface area contributed by atoms with Crippen molar-refractivity contribution in [2.75, 3.05) is 16.8 Å². The van der Waals surface area contributed by atoms with Crippen LogP contribution in [0.3, 0.4) is 0 Å². The average Bonchev–Trinajstić information content (AvgIpc) is 3.47. The standard InChI is InChI=1S/C23H25N3O3/c1-14(16-5-8-20(9-6-16)25-22(28)17-3-4-17)24-23(29)19-7-10-21-18(13-19)11-12-26(21)15(2)27/h5-10,13-14,17H,3-4,11-12H2,1-2H3,(H,24,29)(H,25,28). The number of nitrogens with one attached hydrogen (secondary N) is 2. The Morgan fingerprint density at radius 1 is 1.07 bits per heavy atom. The van der Waals surface area contributed by atoms with Gasteiger partial charge < -0.3 is 15.5 Å². The molecule has 150 valence electrons. The third kappa shape index (κ3) is 4.16. The van der Waals surface area contributed by atoms with Gasteiger partial charge in [-0.2, -0.15) is 0 Å². The monoisotopic (exact) mass is 391 g/mol. The van der Waals surface area contributed by atoms with E-state index in [1.165, 1.54) is 0 Å². The maximum absolute atomic E-state index is 12.7. The molecule has 0 saturated heterocycles. The largest absolute Gasteiger partial charge is 0.346 e. The highest BCUT2D eigenvalue weighted by Gasteiger charge is 2.29. The molecule has 1 saturated carbocycles.